The van der Waals surface area contributed by atoms with Crippen LogP contribution in [0.15, 0.2) is 22.7 Å². The van der Waals surface area contributed by atoms with E-state index in [0.29, 0.717) is 24.1 Å². The van der Waals surface area contributed by atoms with Gasteiger partial charge >= 0.3 is 0 Å². The molecule has 1 unspecified atom stereocenters. The Kier molecular flexibility index (Phi) is 5.08. The highest BCUT2D eigenvalue weighted by Crippen LogP contribution is 2.23. The topological polar surface area (TPSA) is 55.2 Å². The molecular weight excluding hydrogens is 284 g/mol. The monoisotopic (exact) mass is 300 g/mol. The van der Waals surface area contributed by atoms with E-state index in [1.54, 1.807) is 6.07 Å². The van der Waals surface area contributed by atoms with E-state index in [4.69, 9.17) is 0 Å². The normalized spacial score (nSPS) is 12.8. The van der Waals surface area contributed by atoms with Gasteiger partial charge in [0.1, 0.15) is 0 Å². The summed E-state index contributed by atoms with van der Waals surface area (Å²) in [5.41, 5.74) is 0.869. The molecule has 0 radical (unpaired) electrons. The third-order valence-corrected chi connectivity index (χ3v) is 3.35. The van der Waals surface area contributed by atoms with Crippen molar-refractivity contribution in [3.8, 4) is 0 Å². The van der Waals surface area contributed by atoms with Gasteiger partial charge in [-0.3, -0.25) is 10.1 Å². The lowest BCUT2D eigenvalue weighted by atomic mass is 10.1. The van der Waals surface area contributed by atoms with E-state index in [2.05, 4.69) is 42.0 Å². The van der Waals surface area contributed by atoms with Crippen LogP contribution in [0.4, 0.5) is 5.69 Å². The fraction of sp³-hybridized carbons (Fsp3) is 0.500. The number of nitrogens with one attached hydrogen (secondary N) is 1. The van der Waals surface area contributed by atoms with Gasteiger partial charge in [-0.25, -0.2) is 0 Å². The van der Waals surface area contributed by atoms with Gasteiger partial charge in [-0.15, -0.1) is 0 Å². The first-order valence-electron chi connectivity index (χ1n) is 5.58. The SMILES string of the molecule is CC(C)C(C)NCc1ccc(Br)cc1[N+](=O)[O-]. The summed E-state index contributed by atoms with van der Waals surface area (Å²) < 4.78 is 0.727. The average molecular weight is 301 g/mol. The van der Waals surface area contributed by atoms with Gasteiger partial charge < -0.3 is 5.32 Å². The Labute approximate surface area is 110 Å². The van der Waals surface area contributed by atoms with E-state index < -0.39 is 0 Å². The Bertz CT molecular complexity index is 407. The van der Waals surface area contributed by atoms with Crippen molar-refractivity contribution in [3.05, 3.63) is 38.3 Å². The molecule has 4 nitrogen and oxygen atoms in total. The molecule has 5 heteroatoms. The fourth-order valence-electron chi connectivity index (χ4n) is 1.36. The smallest absolute Gasteiger partial charge is 0.275 e. The first kappa shape index (κ1) is 14.1. The minimum atomic E-state index is -0.345. The van der Waals surface area contributed by atoms with Gasteiger partial charge in [-0.2, -0.15) is 0 Å². The van der Waals surface area contributed by atoms with Crippen molar-refractivity contribution < 1.29 is 4.92 Å². The zero-order valence-corrected chi connectivity index (χ0v) is 11.8. The summed E-state index contributed by atoms with van der Waals surface area (Å²) in [4.78, 5) is 10.6. The number of hydrogen-bond donors (Lipinski definition) is 1. The Morgan fingerprint density at radius 1 is 1.41 bits per heavy atom. The van der Waals surface area contributed by atoms with E-state index in [1.165, 1.54) is 6.07 Å². The minimum Gasteiger partial charge on any atom is -0.310 e. The molecule has 0 heterocycles. The number of benzene rings is 1. The summed E-state index contributed by atoms with van der Waals surface area (Å²) in [5, 5.41) is 14.2. The maximum absolute atomic E-state index is 10.9. The van der Waals surface area contributed by atoms with Crippen LogP contribution in [0.25, 0.3) is 0 Å². The largest absolute Gasteiger partial charge is 0.310 e. The van der Waals surface area contributed by atoms with Crippen LogP contribution in [0, 0.1) is 16.0 Å². The van der Waals surface area contributed by atoms with Crippen LogP contribution >= 0.6 is 15.9 Å². The Morgan fingerprint density at radius 3 is 2.59 bits per heavy atom. The van der Waals surface area contributed by atoms with Gasteiger partial charge in [-0.1, -0.05) is 29.8 Å². The Hall–Kier alpha value is -0.940. The summed E-state index contributed by atoms with van der Waals surface area (Å²) in [7, 11) is 0. The first-order valence-corrected chi connectivity index (χ1v) is 6.37. The lowest BCUT2D eigenvalue weighted by Gasteiger charge is -2.17. The number of nitro benzene ring substituents is 1. The summed E-state index contributed by atoms with van der Waals surface area (Å²) in [5.74, 6) is 0.504. The summed E-state index contributed by atoms with van der Waals surface area (Å²) in [6.07, 6.45) is 0. The molecule has 0 aliphatic carbocycles. The third kappa shape index (κ3) is 4.09. The maximum atomic E-state index is 10.9. The zero-order chi connectivity index (χ0) is 13.0. The average Bonchev–Trinajstić information content (AvgIpc) is 2.26. The lowest BCUT2D eigenvalue weighted by molar-refractivity contribution is -0.385. The Morgan fingerprint density at radius 2 is 2.06 bits per heavy atom. The zero-order valence-electron chi connectivity index (χ0n) is 10.2. The number of hydrogen-bond acceptors (Lipinski definition) is 3. The predicted octanol–water partition coefficient (Wildman–Crippen LogP) is 3.49. The number of halogens is 1. The summed E-state index contributed by atoms with van der Waals surface area (Å²) >= 11 is 3.24. The van der Waals surface area contributed by atoms with E-state index in [9.17, 15) is 10.1 Å². The van der Waals surface area contributed by atoms with E-state index in [0.717, 1.165) is 4.47 Å². The molecule has 17 heavy (non-hydrogen) atoms. The van der Waals surface area contributed by atoms with Gasteiger partial charge in [0.15, 0.2) is 0 Å². The van der Waals surface area contributed by atoms with Crippen molar-refractivity contribution in [1.82, 2.24) is 5.32 Å². The van der Waals surface area contributed by atoms with E-state index in [-0.39, 0.29) is 10.6 Å². The second kappa shape index (κ2) is 6.12. The highest BCUT2D eigenvalue weighted by Gasteiger charge is 2.15. The van der Waals surface area contributed by atoms with Crippen molar-refractivity contribution in [2.75, 3.05) is 0 Å². The van der Waals surface area contributed by atoms with Gasteiger partial charge in [0.2, 0.25) is 0 Å². The molecule has 0 aliphatic rings. The highest BCUT2D eigenvalue weighted by atomic mass is 79.9. The van der Waals surface area contributed by atoms with Crippen LogP contribution in [-0.2, 0) is 6.54 Å². The summed E-state index contributed by atoms with van der Waals surface area (Å²) in [6.45, 7) is 6.83. The van der Waals surface area contributed by atoms with Crippen molar-refractivity contribution in [2.24, 2.45) is 5.92 Å². The Balaban J connectivity index is 2.80. The van der Waals surface area contributed by atoms with E-state index >= 15 is 0 Å². The molecule has 1 atom stereocenters. The quantitative estimate of drug-likeness (QED) is 0.669. The standard InChI is InChI=1S/C12H17BrN2O2/c1-8(2)9(3)14-7-10-4-5-11(13)6-12(10)15(16)17/h4-6,8-9,14H,7H2,1-3H3. The fourth-order valence-corrected chi connectivity index (χ4v) is 1.71. The molecule has 0 saturated carbocycles. The second-order valence-electron chi connectivity index (χ2n) is 4.44. The van der Waals surface area contributed by atoms with Crippen LogP contribution in [0.1, 0.15) is 26.3 Å². The van der Waals surface area contributed by atoms with E-state index in [1.807, 2.05) is 6.07 Å². The molecule has 0 amide bonds. The molecule has 1 aromatic carbocycles. The van der Waals surface area contributed by atoms with Crippen LogP contribution in [0.3, 0.4) is 0 Å². The van der Waals surface area contributed by atoms with Crippen molar-refractivity contribution in [2.45, 2.75) is 33.4 Å². The van der Waals surface area contributed by atoms with Crippen LogP contribution in [-0.4, -0.2) is 11.0 Å². The maximum Gasteiger partial charge on any atom is 0.275 e. The van der Waals surface area contributed by atoms with Crippen LogP contribution in [0.5, 0.6) is 0 Å². The number of nitrogens with zero attached hydrogens (tertiary/aromatic N) is 1. The molecular formula is C12H17BrN2O2. The molecule has 1 aromatic rings. The highest BCUT2D eigenvalue weighted by molar-refractivity contribution is 9.10. The molecule has 0 bridgehead atoms. The number of rotatable bonds is 5. The lowest BCUT2D eigenvalue weighted by Crippen LogP contribution is -2.30. The minimum absolute atomic E-state index is 0.155. The van der Waals surface area contributed by atoms with Gasteiger partial charge in [0.25, 0.3) is 5.69 Å². The first-order chi connectivity index (χ1) is 7.91. The van der Waals surface area contributed by atoms with Crippen molar-refractivity contribution in [1.29, 1.82) is 0 Å². The molecule has 1 rings (SSSR count). The van der Waals surface area contributed by atoms with Crippen LogP contribution in [0.2, 0.25) is 0 Å². The molecule has 1 N–H and O–H groups in total. The van der Waals surface area contributed by atoms with Crippen molar-refractivity contribution in [3.63, 3.8) is 0 Å². The van der Waals surface area contributed by atoms with Gasteiger partial charge in [-0.05, 0) is 25.0 Å². The van der Waals surface area contributed by atoms with Crippen molar-refractivity contribution >= 4 is 21.6 Å². The molecule has 0 fully saturated rings. The molecule has 0 aromatic heterocycles. The number of nitro groups is 1. The molecule has 0 aliphatic heterocycles. The predicted molar refractivity (Wildman–Crippen MR) is 71.9 cm³/mol. The molecule has 94 valence electrons. The second-order valence-corrected chi connectivity index (χ2v) is 5.36. The molecule has 0 spiro atoms. The van der Waals surface area contributed by atoms with Gasteiger partial charge in [0, 0.05) is 28.7 Å². The summed E-state index contributed by atoms with van der Waals surface area (Å²) in [6, 6.07) is 5.47. The molecule has 0 saturated heterocycles. The van der Waals surface area contributed by atoms with Gasteiger partial charge in [0.05, 0.1) is 4.92 Å². The third-order valence-electron chi connectivity index (χ3n) is 2.86. The van der Waals surface area contributed by atoms with Crippen LogP contribution < -0.4 is 5.32 Å².